The summed E-state index contributed by atoms with van der Waals surface area (Å²) in [6.07, 6.45) is 11.1. The van der Waals surface area contributed by atoms with E-state index in [1.807, 2.05) is 0 Å². The number of hydrogen-bond acceptors (Lipinski definition) is 1. The first-order chi connectivity index (χ1) is 7.33. The number of aliphatic hydroxyl groups is 1. The molecule has 4 fully saturated rings. The Bertz CT molecular complexity index is 261. The zero-order valence-corrected chi connectivity index (χ0v) is 9.49. The van der Waals surface area contributed by atoms with Crippen LogP contribution in [0.25, 0.3) is 0 Å². The Hall–Kier alpha value is -0.0400. The fourth-order valence-electron chi connectivity index (χ4n) is 5.31. The van der Waals surface area contributed by atoms with Crippen LogP contribution >= 0.6 is 0 Å². The molecule has 4 saturated carbocycles. The normalized spacial score (nSPS) is 61.8. The average Bonchev–Trinajstić information content (AvgIpc) is 3.14. The highest BCUT2D eigenvalue weighted by Crippen LogP contribution is 2.73. The Morgan fingerprint density at radius 3 is 1.73 bits per heavy atom. The van der Waals surface area contributed by atoms with E-state index in [9.17, 15) is 5.11 Å². The second kappa shape index (κ2) is 2.80. The van der Waals surface area contributed by atoms with Crippen molar-refractivity contribution in [2.45, 2.75) is 57.0 Å². The average molecular weight is 206 g/mol. The summed E-state index contributed by atoms with van der Waals surface area (Å²) < 4.78 is 0. The van der Waals surface area contributed by atoms with Gasteiger partial charge in [0, 0.05) is 0 Å². The van der Waals surface area contributed by atoms with Crippen molar-refractivity contribution < 1.29 is 5.11 Å². The summed E-state index contributed by atoms with van der Waals surface area (Å²) in [4.78, 5) is 0. The van der Waals surface area contributed by atoms with Crippen LogP contribution < -0.4 is 0 Å². The molecule has 1 nitrogen and oxygen atoms in total. The second-order valence-electron chi connectivity index (χ2n) is 6.52. The summed E-state index contributed by atoms with van der Waals surface area (Å²) in [5.41, 5.74) is -0.157. The second-order valence-corrected chi connectivity index (χ2v) is 6.52. The molecule has 84 valence electrons. The zero-order chi connectivity index (χ0) is 10.0. The van der Waals surface area contributed by atoms with Crippen molar-refractivity contribution in [3.8, 4) is 0 Å². The molecule has 4 atom stereocenters. The van der Waals surface area contributed by atoms with Gasteiger partial charge >= 0.3 is 0 Å². The Labute approximate surface area is 92.3 Å². The van der Waals surface area contributed by atoms with Crippen LogP contribution in [0, 0.1) is 29.6 Å². The SMILES string of the molecule is OC1(C2C3CCCCC32)C2CCCCC21. The largest absolute Gasteiger partial charge is 0.389 e. The van der Waals surface area contributed by atoms with Crippen LogP contribution in [0.5, 0.6) is 0 Å². The van der Waals surface area contributed by atoms with Crippen LogP contribution in [0.1, 0.15) is 51.4 Å². The van der Waals surface area contributed by atoms with Gasteiger partial charge in [0.15, 0.2) is 0 Å². The van der Waals surface area contributed by atoms with Crippen molar-refractivity contribution in [3.05, 3.63) is 0 Å². The molecular formula is C14H22O. The molecule has 0 aromatic heterocycles. The van der Waals surface area contributed by atoms with E-state index in [0.29, 0.717) is 0 Å². The van der Waals surface area contributed by atoms with Gasteiger partial charge in [-0.05, 0) is 55.3 Å². The van der Waals surface area contributed by atoms with Gasteiger partial charge in [-0.2, -0.15) is 0 Å². The predicted molar refractivity (Wildman–Crippen MR) is 59.3 cm³/mol. The highest BCUT2D eigenvalue weighted by molar-refractivity contribution is 5.24. The van der Waals surface area contributed by atoms with Crippen LogP contribution in [-0.4, -0.2) is 10.7 Å². The maximum Gasteiger partial charge on any atom is 0.0744 e. The summed E-state index contributed by atoms with van der Waals surface area (Å²) in [5.74, 6) is 4.07. The molecule has 15 heavy (non-hydrogen) atoms. The molecule has 0 aliphatic heterocycles. The summed E-state index contributed by atoms with van der Waals surface area (Å²) in [5, 5.41) is 10.9. The Morgan fingerprint density at radius 1 is 0.733 bits per heavy atom. The van der Waals surface area contributed by atoms with E-state index in [2.05, 4.69) is 0 Å². The predicted octanol–water partition coefficient (Wildman–Crippen LogP) is 2.97. The monoisotopic (exact) mass is 206 g/mol. The third-order valence-corrected chi connectivity index (χ3v) is 6.04. The van der Waals surface area contributed by atoms with Crippen molar-refractivity contribution in [1.82, 2.24) is 0 Å². The first-order valence-electron chi connectivity index (χ1n) is 7.06. The minimum absolute atomic E-state index is 0.157. The smallest absolute Gasteiger partial charge is 0.0744 e. The Kier molecular flexibility index (Phi) is 1.68. The van der Waals surface area contributed by atoms with Crippen molar-refractivity contribution in [1.29, 1.82) is 0 Å². The van der Waals surface area contributed by atoms with E-state index in [1.165, 1.54) is 51.4 Å². The summed E-state index contributed by atoms with van der Waals surface area (Å²) in [7, 11) is 0. The van der Waals surface area contributed by atoms with Gasteiger partial charge < -0.3 is 5.11 Å². The van der Waals surface area contributed by atoms with Gasteiger partial charge in [-0.1, -0.05) is 25.7 Å². The zero-order valence-electron chi connectivity index (χ0n) is 9.49. The van der Waals surface area contributed by atoms with E-state index in [1.54, 1.807) is 0 Å². The van der Waals surface area contributed by atoms with E-state index < -0.39 is 0 Å². The molecule has 0 bridgehead atoms. The highest BCUT2D eigenvalue weighted by Gasteiger charge is 2.75. The van der Waals surface area contributed by atoms with Gasteiger partial charge in [0.25, 0.3) is 0 Å². The first-order valence-corrected chi connectivity index (χ1v) is 7.06. The van der Waals surface area contributed by atoms with Crippen LogP contribution in [0.4, 0.5) is 0 Å². The molecule has 0 aromatic rings. The van der Waals surface area contributed by atoms with Crippen LogP contribution in [0.3, 0.4) is 0 Å². The standard InChI is InChI=1S/C14H22O/c15-14(11-7-3-4-8-12(11)14)13-9-5-1-2-6-10(9)13/h9-13,15H,1-8H2. The number of rotatable bonds is 1. The molecule has 0 amide bonds. The van der Waals surface area contributed by atoms with Gasteiger partial charge in [0.05, 0.1) is 5.60 Å². The fraction of sp³-hybridized carbons (Fsp3) is 1.00. The Balaban J connectivity index is 1.54. The third-order valence-electron chi connectivity index (χ3n) is 6.04. The van der Waals surface area contributed by atoms with Gasteiger partial charge in [-0.3, -0.25) is 0 Å². The fourth-order valence-corrected chi connectivity index (χ4v) is 5.31. The lowest BCUT2D eigenvalue weighted by molar-refractivity contribution is 0.0839. The lowest BCUT2D eigenvalue weighted by Gasteiger charge is -2.09. The number of fused-ring (bicyclic) bond motifs is 2. The molecule has 0 saturated heterocycles. The molecule has 4 unspecified atom stereocenters. The summed E-state index contributed by atoms with van der Waals surface area (Å²) in [6.45, 7) is 0. The van der Waals surface area contributed by atoms with E-state index in [4.69, 9.17) is 0 Å². The van der Waals surface area contributed by atoms with E-state index in [-0.39, 0.29) is 5.60 Å². The summed E-state index contributed by atoms with van der Waals surface area (Å²) >= 11 is 0. The van der Waals surface area contributed by atoms with Gasteiger partial charge in [0.1, 0.15) is 0 Å². The molecule has 4 rings (SSSR count). The topological polar surface area (TPSA) is 20.2 Å². The molecular weight excluding hydrogens is 184 g/mol. The van der Waals surface area contributed by atoms with E-state index >= 15 is 0 Å². The lowest BCUT2D eigenvalue weighted by Crippen LogP contribution is -2.18. The van der Waals surface area contributed by atoms with Gasteiger partial charge in [-0.15, -0.1) is 0 Å². The molecule has 0 heterocycles. The quantitative estimate of drug-likeness (QED) is 0.699. The molecule has 1 heteroatoms. The lowest BCUT2D eigenvalue weighted by atomic mass is 10.0. The van der Waals surface area contributed by atoms with Gasteiger partial charge in [-0.25, -0.2) is 0 Å². The molecule has 4 aliphatic carbocycles. The van der Waals surface area contributed by atoms with Gasteiger partial charge in [0.2, 0.25) is 0 Å². The van der Waals surface area contributed by atoms with E-state index in [0.717, 1.165) is 29.6 Å². The maximum atomic E-state index is 10.9. The maximum absolute atomic E-state index is 10.9. The van der Waals surface area contributed by atoms with Crippen molar-refractivity contribution in [2.24, 2.45) is 29.6 Å². The third kappa shape index (κ3) is 1.03. The highest BCUT2D eigenvalue weighted by atomic mass is 16.3. The van der Waals surface area contributed by atoms with Crippen LogP contribution in [0.2, 0.25) is 0 Å². The number of hydrogen-bond donors (Lipinski definition) is 1. The summed E-state index contributed by atoms with van der Waals surface area (Å²) in [6, 6.07) is 0. The molecule has 0 aromatic carbocycles. The minimum Gasteiger partial charge on any atom is -0.389 e. The van der Waals surface area contributed by atoms with Crippen molar-refractivity contribution in [2.75, 3.05) is 0 Å². The van der Waals surface area contributed by atoms with Crippen molar-refractivity contribution >= 4 is 0 Å². The molecule has 4 aliphatic rings. The first kappa shape index (κ1) is 9.04. The molecule has 1 N–H and O–H groups in total. The molecule has 0 spiro atoms. The van der Waals surface area contributed by atoms with Crippen molar-refractivity contribution in [3.63, 3.8) is 0 Å². The molecule has 0 radical (unpaired) electrons. The van der Waals surface area contributed by atoms with Crippen LogP contribution in [0.15, 0.2) is 0 Å². The van der Waals surface area contributed by atoms with Crippen LogP contribution in [-0.2, 0) is 0 Å². The Morgan fingerprint density at radius 2 is 1.20 bits per heavy atom. The minimum atomic E-state index is -0.157.